The molecule has 1 saturated heterocycles. The monoisotopic (exact) mass is 484 g/mol. The normalized spacial score (nSPS) is 15.4. The Morgan fingerprint density at radius 3 is 2.12 bits per heavy atom. The lowest BCUT2D eigenvalue weighted by molar-refractivity contribution is -0.158. The lowest BCUT2D eigenvalue weighted by Crippen LogP contribution is -2.46. The molecular weight excluding hydrogens is 444 g/mol. The molecule has 1 fully saturated rings. The molecule has 1 aliphatic rings. The van der Waals surface area contributed by atoms with Gasteiger partial charge in [-0.1, -0.05) is 24.3 Å². The lowest BCUT2D eigenvalue weighted by atomic mass is 10.0. The summed E-state index contributed by atoms with van der Waals surface area (Å²) >= 11 is 1.79. The molecule has 0 radical (unpaired) electrons. The number of hydrogen-bond acceptors (Lipinski definition) is 6. The topological polar surface area (TPSA) is 42.0 Å². The Kier molecular flexibility index (Phi) is 9.46. The molecule has 186 valence electrons. The van der Waals surface area contributed by atoms with Crippen LogP contribution in [0.1, 0.15) is 43.0 Å². The number of hydrogen-bond donors (Lipinski definition) is 0. The highest BCUT2D eigenvalue weighted by Crippen LogP contribution is 2.29. The first-order valence-electron chi connectivity index (χ1n) is 12.3. The Balaban J connectivity index is 1.51. The second-order valence-corrected chi connectivity index (χ2v) is 10.5. The molecular formula is C28H40N2O3S. The SMILES string of the molecule is CCOC(=O)C(C)(C)Oc1c(C)cc(CN2CCN(CCc3ccc(SC)cc3)CC2)cc1C. The first kappa shape index (κ1) is 26.6. The van der Waals surface area contributed by atoms with Crippen molar-refractivity contribution in [1.29, 1.82) is 0 Å². The molecule has 0 unspecified atom stereocenters. The zero-order valence-electron chi connectivity index (χ0n) is 21.6. The third-order valence-electron chi connectivity index (χ3n) is 6.39. The van der Waals surface area contributed by atoms with E-state index in [2.05, 4.69) is 66.3 Å². The van der Waals surface area contributed by atoms with Crippen molar-refractivity contribution in [3.05, 3.63) is 58.7 Å². The van der Waals surface area contributed by atoms with Gasteiger partial charge < -0.3 is 14.4 Å². The third-order valence-corrected chi connectivity index (χ3v) is 7.13. The van der Waals surface area contributed by atoms with Crippen molar-refractivity contribution in [2.45, 2.75) is 58.1 Å². The average molecular weight is 485 g/mol. The van der Waals surface area contributed by atoms with Crippen molar-refractivity contribution >= 4 is 17.7 Å². The van der Waals surface area contributed by atoms with Crippen molar-refractivity contribution in [1.82, 2.24) is 9.80 Å². The predicted molar refractivity (Wildman–Crippen MR) is 141 cm³/mol. The van der Waals surface area contributed by atoms with E-state index in [0.29, 0.717) is 6.61 Å². The standard InChI is InChI=1S/C28H40N2O3S/c1-7-32-27(31)28(4,5)33-26-21(2)18-24(19-22(26)3)20-30-16-14-29(15-17-30)13-12-23-8-10-25(34-6)11-9-23/h8-11,18-19H,7,12-17,20H2,1-6H3. The third kappa shape index (κ3) is 7.24. The first-order chi connectivity index (χ1) is 16.2. The molecule has 0 atom stereocenters. The smallest absolute Gasteiger partial charge is 0.349 e. The van der Waals surface area contributed by atoms with E-state index >= 15 is 0 Å². The number of carbonyl (C=O) groups excluding carboxylic acids is 1. The molecule has 5 nitrogen and oxygen atoms in total. The molecule has 0 aromatic heterocycles. The largest absolute Gasteiger partial charge is 0.476 e. The fourth-order valence-electron chi connectivity index (χ4n) is 4.40. The van der Waals surface area contributed by atoms with Crippen LogP contribution in [0, 0.1) is 13.8 Å². The van der Waals surface area contributed by atoms with E-state index in [1.165, 1.54) is 16.0 Å². The van der Waals surface area contributed by atoms with Crippen LogP contribution in [-0.4, -0.2) is 67.0 Å². The minimum Gasteiger partial charge on any atom is -0.476 e. The van der Waals surface area contributed by atoms with Gasteiger partial charge in [0.25, 0.3) is 0 Å². The van der Waals surface area contributed by atoms with E-state index in [9.17, 15) is 4.79 Å². The zero-order chi connectivity index (χ0) is 24.7. The van der Waals surface area contributed by atoms with Crippen LogP contribution in [0.25, 0.3) is 0 Å². The summed E-state index contributed by atoms with van der Waals surface area (Å²) in [5, 5.41) is 0. The number of rotatable bonds is 10. The van der Waals surface area contributed by atoms with E-state index in [1.807, 2.05) is 6.92 Å². The van der Waals surface area contributed by atoms with Gasteiger partial charge in [0, 0.05) is 44.2 Å². The van der Waals surface area contributed by atoms with Crippen molar-refractivity contribution in [3.63, 3.8) is 0 Å². The van der Waals surface area contributed by atoms with E-state index in [0.717, 1.165) is 62.6 Å². The van der Waals surface area contributed by atoms with Crippen LogP contribution in [0.5, 0.6) is 5.75 Å². The summed E-state index contributed by atoms with van der Waals surface area (Å²) in [6.07, 6.45) is 3.23. The van der Waals surface area contributed by atoms with Crippen LogP contribution in [0.3, 0.4) is 0 Å². The maximum Gasteiger partial charge on any atom is 0.349 e. The van der Waals surface area contributed by atoms with Crippen molar-refractivity contribution < 1.29 is 14.3 Å². The number of aryl methyl sites for hydroxylation is 2. The van der Waals surface area contributed by atoms with E-state index in [-0.39, 0.29) is 5.97 Å². The molecule has 0 N–H and O–H groups in total. The van der Waals surface area contributed by atoms with Gasteiger partial charge in [-0.15, -0.1) is 11.8 Å². The maximum absolute atomic E-state index is 12.2. The Morgan fingerprint density at radius 2 is 1.56 bits per heavy atom. The van der Waals surface area contributed by atoms with Gasteiger partial charge in [0.1, 0.15) is 5.75 Å². The van der Waals surface area contributed by atoms with Crippen LogP contribution in [-0.2, 0) is 22.5 Å². The predicted octanol–water partition coefficient (Wildman–Crippen LogP) is 5.11. The Hall–Kier alpha value is -2.02. The van der Waals surface area contributed by atoms with Crippen molar-refractivity contribution in [2.75, 3.05) is 45.6 Å². The van der Waals surface area contributed by atoms with E-state index in [1.54, 1.807) is 25.6 Å². The summed E-state index contributed by atoms with van der Waals surface area (Å²) in [6, 6.07) is 13.3. The molecule has 0 spiro atoms. The summed E-state index contributed by atoms with van der Waals surface area (Å²) in [7, 11) is 0. The van der Waals surface area contributed by atoms with Crippen LogP contribution < -0.4 is 4.74 Å². The maximum atomic E-state index is 12.2. The molecule has 0 bridgehead atoms. The molecule has 2 aromatic rings. The molecule has 0 aliphatic carbocycles. The van der Waals surface area contributed by atoms with E-state index in [4.69, 9.17) is 9.47 Å². The van der Waals surface area contributed by atoms with Gasteiger partial charge in [0.15, 0.2) is 5.60 Å². The van der Waals surface area contributed by atoms with Crippen LogP contribution in [0.4, 0.5) is 0 Å². The molecule has 6 heteroatoms. The first-order valence-corrected chi connectivity index (χ1v) is 13.5. The van der Waals surface area contributed by atoms with E-state index < -0.39 is 5.60 Å². The minimum atomic E-state index is -1.01. The molecule has 3 rings (SSSR count). The number of esters is 1. The molecule has 1 aliphatic heterocycles. The zero-order valence-corrected chi connectivity index (χ0v) is 22.5. The van der Waals surface area contributed by atoms with Gasteiger partial charge in [-0.3, -0.25) is 4.90 Å². The second kappa shape index (κ2) is 12.1. The van der Waals surface area contributed by atoms with Crippen LogP contribution in [0.2, 0.25) is 0 Å². The van der Waals surface area contributed by atoms with Gasteiger partial charge in [0.2, 0.25) is 0 Å². The number of nitrogens with zero attached hydrogens (tertiary/aromatic N) is 2. The average Bonchev–Trinajstić information content (AvgIpc) is 2.81. The number of carbonyl (C=O) groups is 1. The summed E-state index contributed by atoms with van der Waals surface area (Å²) < 4.78 is 11.3. The molecule has 1 heterocycles. The second-order valence-electron chi connectivity index (χ2n) is 9.61. The van der Waals surface area contributed by atoms with Crippen molar-refractivity contribution in [3.8, 4) is 5.75 Å². The molecule has 0 saturated carbocycles. The van der Waals surface area contributed by atoms with Gasteiger partial charge in [-0.2, -0.15) is 0 Å². The fraction of sp³-hybridized carbons (Fsp3) is 0.536. The molecule has 2 aromatic carbocycles. The quantitative estimate of drug-likeness (QED) is 0.345. The van der Waals surface area contributed by atoms with Gasteiger partial charge in [-0.25, -0.2) is 4.79 Å². The summed E-state index contributed by atoms with van der Waals surface area (Å²) in [5.74, 6) is 0.435. The summed E-state index contributed by atoms with van der Waals surface area (Å²) in [6.45, 7) is 16.2. The number of thioether (sulfide) groups is 1. The van der Waals surface area contributed by atoms with Crippen LogP contribution in [0.15, 0.2) is 41.3 Å². The Bertz CT molecular complexity index is 928. The highest BCUT2D eigenvalue weighted by atomic mass is 32.2. The Morgan fingerprint density at radius 1 is 0.971 bits per heavy atom. The molecule has 34 heavy (non-hydrogen) atoms. The molecule has 0 amide bonds. The highest BCUT2D eigenvalue weighted by molar-refractivity contribution is 7.98. The fourth-order valence-corrected chi connectivity index (χ4v) is 4.81. The van der Waals surface area contributed by atoms with Gasteiger partial charge in [-0.05, 0) is 81.7 Å². The summed E-state index contributed by atoms with van der Waals surface area (Å²) in [4.78, 5) is 18.7. The Labute approximate surface area is 209 Å². The highest BCUT2D eigenvalue weighted by Gasteiger charge is 2.32. The number of benzene rings is 2. The van der Waals surface area contributed by atoms with Gasteiger partial charge in [0.05, 0.1) is 6.61 Å². The van der Waals surface area contributed by atoms with Crippen LogP contribution >= 0.6 is 11.8 Å². The van der Waals surface area contributed by atoms with Gasteiger partial charge >= 0.3 is 5.97 Å². The van der Waals surface area contributed by atoms with Crippen molar-refractivity contribution in [2.24, 2.45) is 0 Å². The number of piperazine rings is 1. The lowest BCUT2D eigenvalue weighted by Gasteiger charge is -2.35. The number of ether oxygens (including phenoxy) is 2. The minimum absolute atomic E-state index is 0.340. The summed E-state index contributed by atoms with van der Waals surface area (Å²) in [5.41, 5.74) is 3.80.